The van der Waals surface area contributed by atoms with E-state index in [0.29, 0.717) is 54.4 Å². The number of rotatable bonds is 38. The van der Waals surface area contributed by atoms with E-state index >= 15 is 9.59 Å². The number of esters is 5. The second kappa shape index (κ2) is 36.4. The van der Waals surface area contributed by atoms with Crippen LogP contribution < -0.4 is 5.32 Å². The average molecular weight is 1340 g/mol. The zero-order valence-corrected chi connectivity index (χ0v) is 59.3. The number of hydrogen-bond acceptors (Lipinski definition) is 19. The molecule has 93 heavy (non-hydrogen) atoms. The zero-order chi connectivity index (χ0) is 68.0. The van der Waals surface area contributed by atoms with Gasteiger partial charge in [0.25, 0.3) is 0 Å². The van der Waals surface area contributed by atoms with E-state index in [4.69, 9.17) is 42.6 Å². The summed E-state index contributed by atoms with van der Waals surface area (Å²) in [5.74, 6) is -3.92. The van der Waals surface area contributed by atoms with Crippen molar-refractivity contribution < 1.29 is 81.3 Å². The molecular weight excluding hydrogens is 1230 g/mol. The van der Waals surface area contributed by atoms with E-state index in [9.17, 15) is 29.1 Å². The van der Waals surface area contributed by atoms with Gasteiger partial charge in [-0.25, -0.2) is 14.4 Å². The van der Waals surface area contributed by atoms with Crippen LogP contribution >= 0.6 is 21.6 Å². The van der Waals surface area contributed by atoms with Gasteiger partial charge >= 0.3 is 35.9 Å². The summed E-state index contributed by atoms with van der Waals surface area (Å²) in [6.07, 6.45) is 11.4. The molecule has 1 aliphatic heterocycles. The Morgan fingerprint density at radius 3 is 1.83 bits per heavy atom. The largest absolute Gasteiger partial charge is 0.465 e. The Morgan fingerprint density at radius 1 is 0.742 bits per heavy atom. The molecule has 1 heterocycles. The van der Waals surface area contributed by atoms with Crippen molar-refractivity contribution in [2.24, 2.45) is 22.7 Å². The van der Waals surface area contributed by atoms with E-state index in [1.165, 1.54) is 111 Å². The van der Waals surface area contributed by atoms with Gasteiger partial charge in [-0.1, -0.05) is 188 Å². The molecule has 18 nitrogen and oxygen atoms in total. The summed E-state index contributed by atoms with van der Waals surface area (Å²) in [6, 6.07) is 15.2. The van der Waals surface area contributed by atoms with Crippen molar-refractivity contribution in [1.29, 1.82) is 0 Å². The van der Waals surface area contributed by atoms with Gasteiger partial charge < -0.3 is 53.1 Å². The van der Waals surface area contributed by atoms with Gasteiger partial charge in [0.2, 0.25) is 6.10 Å². The van der Waals surface area contributed by atoms with Crippen LogP contribution in [0.2, 0.25) is 0 Å². The number of amides is 1. The van der Waals surface area contributed by atoms with Crippen molar-refractivity contribution in [2.45, 2.75) is 270 Å². The molecule has 6 rings (SSSR count). The minimum absolute atomic E-state index is 0.0922. The van der Waals surface area contributed by atoms with Crippen LogP contribution in [-0.2, 0) is 66.6 Å². The lowest BCUT2D eigenvalue weighted by molar-refractivity contribution is -0.347. The number of fused-ring (bicyclic) bond motifs is 5. The molecule has 0 spiro atoms. The molecule has 4 unspecified atom stereocenters. The molecule has 520 valence electrons. The number of Topliss-reactive ketones (excluding diaryl/α,β-unsaturated/α-hetero) is 1. The second-order valence-corrected chi connectivity index (χ2v) is 30.4. The Labute approximate surface area is 561 Å². The predicted molar refractivity (Wildman–Crippen MR) is 360 cm³/mol. The third-order valence-electron chi connectivity index (χ3n) is 19.5. The smallest absolute Gasteiger partial charge is 0.408 e. The van der Waals surface area contributed by atoms with Crippen molar-refractivity contribution in [3.8, 4) is 0 Å². The summed E-state index contributed by atoms with van der Waals surface area (Å²) in [7, 11) is 5.94. The first-order valence-electron chi connectivity index (χ1n) is 34.3. The number of carbonyl (C=O) groups is 7. The average Bonchev–Trinajstić information content (AvgIpc) is 0.671. The van der Waals surface area contributed by atoms with Gasteiger partial charge in [0.05, 0.1) is 36.2 Å². The van der Waals surface area contributed by atoms with Crippen LogP contribution in [0.25, 0.3) is 0 Å². The molecule has 2 bridgehead atoms. The number of methoxy groups -OCH3 is 2. The number of ether oxygens (including phenoxy) is 9. The van der Waals surface area contributed by atoms with Gasteiger partial charge in [0.15, 0.2) is 11.4 Å². The van der Waals surface area contributed by atoms with Gasteiger partial charge in [0.1, 0.15) is 41.7 Å². The second-order valence-electron chi connectivity index (χ2n) is 27.7. The number of ketones is 1. The minimum atomic E-state index is -2.30. The Morgan fingerprint density at radius 2 is 1.30 bits per heavy atom. The van der Waals surface area contributed by atoms with Crippen molar-refractivity contribution >= 4 is 63.3 Å². The van der Waals surface area contributed by atoms with Crippen molar-refractivity contribution in [1.82, 2.24) is 5.32 Å². The molecule has 12 atom stereocenters. The first kappa shape index (κ1) is 77.0. The lowest BCUT2D eigenvalue weighted by atomic mass is 9.44. The summed E-state index contributed by atoms with van der Waals surface area (Å²) in [5.41, 5.74) is -7.15. The number of benzene rings is 2. The molecule has 3 fully saturated rings. The lowest BCUT2D eigenvalue weighted by Gasteiger charge is -2.67. The monoisotopic (exact) mass is 1340 g/mol. The highest BCUT2D eigenvalue weighted by Crippen LogP contribution is 2.65. The summed E-state index contributed by atoms with van der Waals surface area (Å²) in [5, 5.41) is 16.9. The van der Waals surface area contributed by atoms with E-state index in [0.717, 1.165) is 12.8 Å². The van der Waals surface area contributed by atoms with Gasteiger partial charge in [0, 0.05) is 63.7 Å². The maximum Gasteiger partial charge on any atom is 0.408 e. The molecular formula is C73H109NO17S2. The van der Waals surface area contributed by atoms with Gasteiger partial charge in [-0.2, -0.15) is 0 Å². The number of unbranched alkanes of at least 4 members (excludes halogenated alkanes) is 12. The lowest BCUT2D eigenvalue weighted by Crippen LogP contribution is -2.82. The van der Waals surface area contributed by atoms with E-state index in [1.54, 1.807) is 131 Å². The van der Waals surface area contributed by atoms with Crippen LogP contribution in [0.5, 0.6) is 0 Å². The maximum absolute atomic E-state index is 16.0. The van der Waals surface area contributed by atoms with Crippen LogP contribution in [-0.4, -0.2) is 139 Å². The minimum Gasteiger partial charge on any atom is -0.465 e. The third-order valence-corrected chi connectivity index (χ3v) is 22.1. The van der Waals surface area contributed by atoms with Gasteiger partial charge in [-0.05, 0) is 95.1 Å². The Kier molecular flexibility index (Phi) is 30.1. The quantitative estimate of drug-likeness (QED) is 0.0209. The third kappa shape index (κ3) is 20.1. The van der Waals surface area contributed by atoms with Crippen LogP contribution in [0, 0.1) is 22.7 Å². The molecule has 2 N–H and O–H groups in total. The fraction of sp³-hybridized carbons (Fsp3) is 0.712. The highest BCUT2D eigenvalue weighted by atomic mass is 33.1. The molecule has 2 saturated carbocycles. The first-order valence-corrected chi connectivity index (χ1v) is 36.8. The van der Waals surface area contributed by atoms with Crippen molar-refractivity contribution in [3.63, 3.8) is 0 Å². The van der Waals surface area contributed by atoms with Crippen molar-refractivity contribution in [2.75, 3.05) is 38.9 Å². The van der Waals surface area contributed by atoms with Crippen LogP contribution in [0.1, 0.15) is 232 Å². The van der Waals surface area contributed by atoms with E-state index in [2.05, 4.69) is 19.2 Å². The highest BCUT2D eigenvalue weighted by Gasteiger charge is 2.78. The van der Waals surface area contributed by atoms with Crippen LogP contribution in [0.15, 0.2) is 71.8 Å². The molecule has 1 saturated heterocycles. The standard InChI is InChI=1S/C73H109NO17S2/c1-13-15-17-19-21-22-24-28-36-51(35-27-23-20-18-16-14-2)47-85-57(76)41-33-43-92-93-44-34-42-58(77)88-62(60(52-37-29-25-30-38-52)74-68(81)91-69(5,6)7)67(80)87-54-46-73(82)65(89-66(79)53-39-31-26-32-40-53)63-71(10,64(78)61(84-12)59(49(54)3)70(73,8)9)55(83-11)45-56-72(63,48-86-56)90-50(4)75/h25-26,29-32,37-40,51,54-56,60-63,65,82H,13-24,27-28,33-36,41-48H2,1-12H3,(H,74,81)/t51?,54-,55-,56+,60?,61+,62+,63?,65-,71+,72?,73+/m1/s1. The Bertz CT molecular complexity index is 2770. The molecule has 1 amide bonds. The fourth-order valence-electron chi connectivity index (χ4n) is 14.4. The molecule has 0 radical (unpaired) electrons. The van der Waals surface area contributed by atoms with Crippen LogP contribution in [0.4, 0.5) is 4.79 Å². The first-order chi connectivity index (χ1) is 44.3. The van der Waals surface area contributed by atoms with Gasteiger partial charge in [-0.3, -0.25) is 19.2 Å². The summed E-state index contributed by atoms with van der Waals surface area (Å²) in [6.45, 7) is 17.7. The SMILES string of the molecule is CCCCCCCCCCC(CCCCCCCC)COC(=O)CCCSSCCCC(=O)O[C@H](C(=O)O[C@@H]1C[C@]2(O)[C@H](OC(=O)c3ccccc3)C3C4(OC(C)=O)CO[C@H]4C[C@@H](OC)[C@]3(C)C(=O)[C@@H](OC)C(=C1C)C2(C)C)C(NC(=O)OC(C)(C)C)c1ccccc1. The van der Waals surface area contributed by atoms with Gasteiger partial charge in [-0.15, -0.1) is 0 Å². The summed E-state index contributed by atoms with van der Waals surface area (Å²) < 4.78 is 55.7. The molecule has 0 aromatic heterocycles. The zero-order valence-electron chi connectivity index (χ0n) is 57.7. The number of carbonyl (C=O) groups excluding carboxylic acids is 7. The van der Waals surface area contributed by atoms with E-state index in [-0.39, 0.29) is 36.6 Å². The molecule has 20 heteroatoms. The number of hydrogen-bond donors (Lipinski definition) is 2. The maximum atomic E-state index is 16.0. The summed E-state index contributed by atoms with van der Waals surface area (Å²) >= 11 is 0. The molecule has 4 aliphatic rings. The highest BCUT2D eigenvalue weighted by molar-refractivity contribution is 8.76. The topological polar surface area (TPSA) is 235 Å². The normalized spacial score (nSPS) is 25.7. The molecule has 2 aromatic rings. The van der Waals surface area contributed by atoms with Crippen molar-refractivity contribution in [3.05, 3.63) is 82.9 Å². The molecule has 3 aliphatic carbocycles. The number of aliphatic hydroxyl groups is 1. The number of alkyl carbamates (subject to hydrolysis) is 1. The molecule has 2 aromatic carbocycles. The fourth-order valence-corrected chi connectivity index (χ4v) is 16.6. The Hall–Kier alpha value is -4.99. The Balaban J connectivity index is 1.21. The predicted octanol–water partition coefficient (Wildman–Crippen LogP) is 14.5. The van der Waals surface area contributed by atoms with E-state index in [1.807, 2.05) is 0 Å². The van der Waals surface area contributed by atoms with Crippen LogP contribution in [0.3, 0.4) is 0 Å². The summed E-state index contributed by atoms with van der Waals surface area (Å²) in [4.78, 5) is 100. The number of nitrogens with one attached hydrogen (secondary N) is 1. The van der Waals surface area contributed by atoms with E-state index < -0.39 is 118 Å².